The molecule has 0 amide bonds. The number of aryl methyl sites for hydroxylation is 1. The first-order chi connectivity index (χ1) is 10.1. The Hall–Kier alpha value is -2.63. The molecule has 1 aromatic heterocycles. The topological polar surface area (TPSA) is 77.3 Å². The highest BCUT2D eigenvalue weighted by molar-refractivity contribution is 5.48. The summed E-state index contributed by atoms with van der Waals surface area (Å²) < 4.78 is 5.83. The van der Waals surface area contributed by atoms with Crippen LogP contribution in [0.15, 0.2) is 36.5 Å². The van der Waals surface area contributed by atoms with Crippen molar-refractivity contribution in [2.45, 2.75) is 19.4 Å². The SMILES string of the molecule is Cc1cc([N+](=O)[O-])cnc1NCC1Cc2ccccc2O1. The summed E-state index contributed by atoms with van der Waals surface area (Å²) in [5.74, 6) is 1.58. The number of anilines is 1. The maximum Gasteiger partial charge on any atom is 0.287 e. The van der Waals surface area contributed by atoms with Crippen molar-refractivity contribution in [2.24, 2.45) is 0 Å². The molecule has 0 saturated heterocycles. The summed E-state index contributed by atoms with van der Waals surface area (Å²) in [5, 5.41) is 13.9. The Bertz CT molecular complexity index is 663. The lowest BCUT2D eigenvalue weighted by Gasteiger charge is -2.13. The highest BCUT2D eigenvalue weighted by atomic mass is 16.6. The number of para-hydroxylation sites is 1. The van der Waals surface area contributed by atoms with Crippen LogP contribution < -0.4 is 10.1 Å². The maximum absolute atomic E-state index is 10.7. The van der Waals surface area contributed by atoms with Gasteiger partial charge in [-0.15, -0.1) is 0 Å². The van der Waals surface area contributed by atoms with Crippen molar-refractivity contribution in [3.05, 3.63) is 57.8 Å². The predicted octanol–water partition coefficient (Wildman–Crippen LogP) is 2.71. The molecule has 3 rings (SSSR count). The van der Waals surface area contributed by atoms with Gasteiger partial charge in [0.05, 0.1) is 11.5 Å². The number of ether oxygens (including phenoxy) is 1. The minimum Gasteiger partial charge on any atom is -0.488 e. The van der Waals surface area contributed by atoms with Gasteiger partial charge in [-0.05, 0) is 24.1 Å². The van der Waals surface area contributed by atoms with Crippen molar-refractivity contribution < 1.29 is 9.66 Å². The fourth-order valence-electron chi connectivity index (χ4n) is 2.42. The van der Waals surface area contributed by atoms with Crippen LogP contribution in [-0.2, 0) is 6.42 Å². The molecule has 1 aliphatic rings. The molecule has 1 aromatic carbocycles. The van der Waals surface area contributed by atoms with Crippen LogP contribution >= 0.6 is 0 Å². The highest BCUT2D eigenvalue weighted by Crippen LogP contribution is 2.28. The third-order valence-electron chi connectivity index (χ3n) is 3.49. The first-order valence-electron chi connectivity index (χ1n) is 6.73. The molecule has 2 heterocycles. The van der Waals surface area contributed by atoms with Gasteiger partial charge < -0.3 is 10.1 Å². The largest absolute Gasteiger partial charge is 0.488 e. The van der Waals surface area contributed by atoms with Crippen LogP contribution in [0.4, 0.5) is 11.5 Å². The summed E-state index contributed by atoms with van der Waals surface area (Å²) in [4.78, 5) is 14.3. The van der Waals surface area contributed by atoms with E-state index in [1.54, 1.807) is 6.92 Å². The molecule has 1 unspecified atom stereocenters. The number of nitrogens with zero attached hydrogens (tertiary/aromatic N) is 2. The van der Waals surface area contributed by atoms with E-state index in [9.17, 15) is 10.1 Å². The number of nitro groups is 1. The van der Waals surface area contributed by atoms with Crippen molar-refractivity contribution >= 4 is 11.5 Å². The smallest absolute Gasteiger partial charge is 0.287 e. The molecule has 0 fully saturated rings. The standard InChI is InChI=1S/C15H15N3O3/c1-10-6-12(18(19)20)8-16-15(10)17-9-13-7-11-4-2-3-5-14(11)21-13/h2-6,8,13H,7,9H2,1H3,(H,16,17). The molecule has 0 aliphatic carbocycles. The van der Waals surface area contributed by atoms with Crippen molar-refractivity contribution in [1.82, 2.24) is 4.98 Å². The first kappa shape index (κ1) is 13.4. The molecule has 1 atom stereocenters. The van der Waals surface area contributed by atoms with E-state index in [0.29, 0.717) is 12.4 Å². The third kappa shape index (κ3) is 2.79. The van der Waals surface area contributed by atoms with Crippen molar-refractivity contribution in [3.8, 4) is 5.75 Å². The van der Waals surface area contributed by atoms with Gasteiger partial charge in [0, 0.05) is 12.5 Å². The van der Waals surface area contributed by atoms with Crippen molar-refractivity contribution in [2.75, 3.05) is 11.9 Å². The zero-order chi connectivity index (χ0) is 14.8. The molecular weight excluding hydrogens is 270 g/mol. The normalized spacial score (nSPS) is 16.1. The fourth-order valence-corrected chi connectivity index (χ4v) is 2.42. The molecule has 6 heteroatoms. The molecule has 108 valence electrons. The van der Waals surface area contributed by atoms with Crippen LogP contribution in [0.1, 0.15) is 11.1 Å². The van der Waals surface area contributed by atoms with E-state index in [4.69, 9.17) is 4.74 Å². The average Bonchev–Trinajstić information content (AvgIpc) is 2.88. The molecule has 6 nitrogen and oxygen atoms in total. The monoisotopic (exact) mass is 285 g/mol. The van der Waals surface area contributed by atoms with E-state index in [0.717, 1.165) is 17.7 Å². The van der Waals surface area contributed by atoms with E-state index in [2.05, 4.69) is 16.4 Å². The Morgan fingerprint density at radius 3 is 3.00 bits per heavy atom. The Morgan fingerprint density at radius 2 is 2.29 bits per heavy atom. The quantitative estimate of drug-likeness (QED) is 0.690. The van der Waals surface area contributed by atoms with Gasteiger partial charge in [0.2, 0.25) is 0 Å². The lowest BCUT2D eigenvalue weighted by atomic mass is 10.1. The summed E-state index contributed by atoms with van der Waals surface area (Å²) in [6, 6.07) is 9.49. The number of pyridine rings is 1. The van der Waals surface area contributed by atoms with E-state index >= 15 is 0 Å². The van der Waals surface area contributed by atoms with Gasteiger partial charge in [-0.2, -0.15) is 0 Å². The second-order valence-corrected chi connectivity index (χ2v) is 5.05. The molecule has 1 aliphatic heterocycles. The van der Waals surface area contributed by atoms with Crippen LogP contribution in [0.3, 0.4) is 0 Å². The minimum absolute atomic E-state index is 0.00238. The average molecular weight is 285 g/mol. The number of aromatic nitrogens is 1. The van der Waals surface area contributed by atoms with Crippen LogP contribution in [0.5, 0.6) is 5.75 Å². The second kappa shape index (κ2) is 5.40. The zero-order valence-electron chi connectivity index (χ0n) is 11.6. The van der Waals surface area contributed by atoms with Gasteiger partial charge in [-0.25, -0.2) is 4.98 Å². The van der Waals surface area contributed by atoms with Crippen LogP contribution in [-0.4, -0.2) is 22.6 Å². The number of hydrogen-bond acceptors (Lipinski definition) is 5. The Labute approximate surface area is 121 Å². The summed E-state index contributed by atoms with van der Waals surface area (Å²) in [6.45, 7) is 2.41. The molecular formula is C15H15N3O3. The van der Waals surface area contributed by atoms with Crippen LogP contribution in [0.25, 0.3) is 0 Å². The fraction of sp³-hybridized carbons (Fsp3) is 0.267. The molecule has 0 radical (unpaired) electrons. The molecule has 21 heavy (non-hydrogen) atoms. The lowest BCUT2D eigenvalue weighted by Crippen LogP contribution is -2.24. The molecule has 2 aromatic rings. The summed E-state index contributed by atoms with van der Waals surface area (Å²) in [7, 11) is 0. The summed E-state index contributed by atoms with van der Waals surface area (Å²) >= 11 is 0. The van der Waals surface area contributed by atoms with E-state index in [-0.39, 0.29) is 11.8 Å². The number of nitrogens with one attached hydrogen (secondary N) is 1. The number of fused-ring (bicyclic) bond motifs is 1. The Balaban J connectivity index is 1.63. The van der Waals surface area contributed by atoms with E-state index in [1.807, 2.05) is 18.2 Å². The lowest BCUT2D eigenvalue weighted by molar-refractivity contribution is -0.385. The molecule has 0 spiro atoms. The van der Waals surface area contributed by atoms with Crippen LogP contribution in [0.2, 0.25) is 0 Å². The third-order valence-corrected chi connectivity index (χ3v) is 3.49. The van der Waals surface area contributed by atoms with Gasteiger partial charge in [0.1, 0.15) is 23.9 Å². The maximum atomic E-state index is 10.7. The molecule has 1 N–H and O–H groups in total. The second-order valence-electron chi connectivity index (χ2n) is 5.05. The van der Waals surface area contributed by atoms with Gasteiger partial charge in [0.15, 0.2) is 0 Å². The van der Waals surface area contributed by atoms with E-state index in [1.165, 1.54) is 17.8 Å². The summed E-state index contributed by atoms with van der Waals surface area (Å²) in [6.07, 6.45) is 2.17. The van der Waals surface area contributed by atoms with Gasteiger partial charge in [-0.1, -0.05) is 18.2 Å². The number of hydrogen-bond donors (Lipinski definition) is 1. The van der Waals surface area contributed by atoms with Crippen LogP contribution in [0, 0.1) is 17.0 Å². The van der Waals surface area contributed by atoms with Gasteiger partial charge in [0.25, 0.3) is 5.69 Å². The zero-order valence-corrected chi connectivity index (χ0v) is 11.6. The predicted molar refractivity (Wildman–Crippen MR) is 78.7 cm³/mol. The molecule has 0 saturated carbocycles. The minimum atomic E-state index is -0.444. The first-order valence-corrected chi connectivity index (χ1v) is 6.73. The van der Waals surface area contributed by atoms with E-state index < -0.39 is 4.92 Å². The molecule has 0 bridgehead atoms. The summed E-state index contributed by atoms with van der Waals surface area (Å²) in [5.41, 5.74) is 1.96. The number of benzene rings is 1. The number of rotatable bonds is 4. The highest BCUT2D eigenvalue weighted by Gasteiger charge is 2.22. The van der Waals surface area contributed by atoms with Crippen molar-refractivity contribution in [3.63, 3.8) is 0 Å². The van der Waals surface area contributed by atoms with Gasteiger partial charge >= 0.3 is 0 Å². The Kier molecular flexibility index (Phi) is 3.43. The van der Waals surface area contributed by atoms with Gasteiger partial charge in [-0.3, -0.25) is 10.1 Å². The van der Waals surface area contributed by atoms with Crippen molar-refractivity contribution in [1.29, 1.82) is 0 Å². The Morgan fingerprint density at radius 1 is 1.48 bits per heavy atom.